The van der Waals surface area contributed by atoms with Crippen LogP contribution in [0, 0.1) is 0 Å². The molecule has 0 amide bonds. The lowest BCUT2D eigenvalue weighted by Gasteiger charge is -2.37. The van der Waals surface area contributed by atoms with Gasteiger partial charge in [-0.1, -0.05) is 33.1 Å². The molecular weight excluding hydrogens is 270 g/mol. The predicted molar refractivity (Wildman–Crippen MR) is 86.5 cm³/mol. The van der Waals surface area contributed by atoms with Crippen LogP contribution in [0.3, 0.4) is 0 Å². The molecule has 0 saturated carbocycles. The van der Waals surface area contributed by atoms with Crippen molar-refractivity contribution in [3.05, 3.63) is 0 Å². The molecule has 2 N–H and O–H groups in total. The summed E-state index contributed by atoms with van der Waals surface area (Å²) >= 11 is 0. The summed E-state index contributed by atoms with van der Waals surface area (Å²) in [7, 11) is -2.62. The summed E-state index contributed by atoms with van der Waals surface area (Å²) < 4.78 is 17.8. The fraction of sp³-hybridized carbons (Fsp3) is 1.00. The lowest BCUT2D eigenvalue weighted by Crippen LogP contribution is -2.55. The van der Waals surface area contributed by atoms with Gasteiger partial charge in [0.1, 0.15) is 5.72 Å². The summed E-state index contributed by atoms with van der Waals surface area (Å²) in [6.45, 7) is 11.5. The molecule has 0 aliphatic rings. The van der Waals surface area contributed by atoms with E-state index in [1.54, 1.807) is 0 Å². The summed E-state index contributed by atoms with van der Waals surface area (Å²) in [6, 6.07) is 0. The zero-order valence-corrected chi connectivity index (χ0v) is 15.2. The molecule has 0 saturated heterocycles. The van der Waals surface area contributed by atoms with E-state index in [-0.39, 0.29) is 0 Å². The second kappa shape index (κ2) is 10.7. The van der Waals surface area contributed by atoms with Gasteiger partial charge >= 0.3 is 8.80 Å². The van der Waals surface area contributed by atoms with Crippen molar-refractivity contribution in [2.24, 2.45) is 5.73 Å². The maximum absolute atomic E-state index is 6.52. The van der Waals surface area contributed by atoms with Crippen LogP contribution < -0.4 is 5.73 Å². The minimum atomic E-state index is -2.62. The minimum absolute atomic E-state index is 0.599. The van der Waals surface area contributed by atoms with Gasteiger partial charge in [0, 0.05) is 19.8 Å². The number of nitrogens with two attached hydrogens (primary N) is 1. The van der Waals surface area contributed by atoms with Crippen molar-refractivity contribution in [2.45, 2.75) is 84.9 Å². The third-order valence-electron chi connectivity index (χ3n) is 3.36. The second-order valence-corrected chi connectivity index (χ2v) is 7.96. The van der Waals surface area contributed by atoms with E-state index in [1.165, 1.54) is 12.8 Å². The molecule has 1 unspecified atom stereocenters. The first-order chi connectivity index (χ1) is 9.45. The number of hydrogen-bond acceptors (Lipinski definition) is 4. The molecule has 0 radical (unpaired) electrons. The SMILES string of the molecule is CCCCCC(N)(CCCC)O[Si](C)(OCC)OCC. The third kappa shape index (κ3) is 8.37. The van der Waals surface area contributed by atoms with Crippen LogP contribution in [0.15, 0.2) is 0 Å². The minimum Gasteiger partial charge on any atom is -0.374 e. The smallest absolute Gasteiger partial charge is 0.374 e. The lowest BCUT2D eigenvalue weighted by molar-refractivity contribution is -0.0350. The maximum Gasteiger partial charge on any atom is 0.499 e. The molecule has 20 heavy (non-hydrogen) atoms. The summed E-state index contributed by atoms with van der Waals surface area (Å²) in [5, 5.41) is 0. The van der Waals surface area contributed by atoms with Gasteiger partial charge in [-0.2, -0.15) is 0 Å². The normalized spacial score (nSPS) is 15.3. The van der Waals surface area contributed by atoms with Crippen molar-refractivity contribution in [3.8, 4) is 0 Å². The lowest BCUT2D eigenvalue weighted by atomic mass is 10.00. The van der Waals surface area contributed by atoms with Gasteiger partial charge in [-0.05, 0) is 39.5 Å². The van der Waals surface area contributed by atoms with Crippen LogP contribution in [0.5, 0.6) is 0 Å². The Morgan fingerprint density at radius 2 is 1.35 bits per heavy atom. The highest BCUT2D eigenvalue weighted by atomic mass is 28.4. The van der Waals surface area contributed by atoms with Gasteiger partial charge in [0.2, 0.25) is 0 Å². The van der Waals surface area contributed by atoms with E-state index in [9.17, 15) is 0 Å². The van der Waals surface area contributed by atoms with Crippen LogP contribution in [-0.2, 0) is 13.3 Å². The van der Waals surface area contributed by atoms with Gasteiger partial charge in [-0.3, -0.25) is 0 Å². The Morgan fingerprint density at radius 1 is 0.850 bits per heavy atom. The van der Waals surface area contributed by atoms with E-state index in [0.717, 1.165) is 32.1 Å². The Hall–Kier alpha value is 0.0569. The van der Waals surface area contributed by atoms with Crippen molar-refractivity contribution in [2.75, 3.05) is 13.2 Å². The van der Waals surface area contributed by atoms with Crippen LogP contribution in [0.1, 0.15) is 72.6 Å². The van der Waals surface area contributed by atoms with E-state index in [0.29, 0.717) is 13.2 Å². The van der Waals surface area contributed by atoms with E-state index >= 15 is 0 Å². The molecule has 4 nitrogen and oxygen atoms in total. The van der Waals surface area contributed by atoms with E-state index in [4.69, 9.17) is 19.0 Å². The Morgan fingerprint density at radius 3 is 1.80 bits per heavy atom. The highest BCUT2D eigenvalue weighted by molar-refractivity contribution is 6.59. The molecule has 0 fully saturated rings. The molecule has 0 aromatic carbocycles. The highest BCUT2D eigenvalue weighted by Gasteiger charge is 2.42. The first kappa shape index (κ1) is 20.1. The van der Waals surface area contributed by atoms with Crippen LogP contribution in [-0.4, -0.2) is 27.7 Å². The van der Waals surface area contributed by atoms with Gasteiger partial charge in [-0.25, -0.2) is 0 Å². The summed E-state index contributed by atoms with van der Waals surface area (Å²) in [5.74, 6) is 0. The molecule has 0 aromatic rings. The molecule has 0 heterocycles. The third-order valence-corrected chi connectivity index (χ3v) is 5.76. The van der Waals surface area contributed by atoms with Gasteiger partial charge in [-0.15, -0.1) is 0 Å². The summed E-state index contributed by atoms with van der Waals surface area (Å²) in [6.07, 6.45) is 7.42. The van der Waals surface area contributed by atoms with E-state index in [1.807, 2.05) is 20.4 Å². The topological polar surface area (TPSA) is 53.7 Å². The fourth-order valence-electron chi connectivity index (χ4n) is 2.37. The van der Waals surface area contributed by atoms with Gasteiger partial charge in [0.25, 0.3) is 0 Å². The largest absolute Gasteiger partial charge is 0.499 e. The summed E-state index contributed by atoms with van der Waals surface area (Å²) in [5.41, 5.74) is 5.92. The van der Waals surface area contributed by atoms with Gasteiger partial charge < -0.3 is 19.0 Å². The molecule has 0 aliphatic carbocycles. The number of hydrogen-bond donors (Lipinski definition) is 1. The van der Waals surface area contributed by atoms with Crippen LogP contribution in [0.4, 0.5) is 0 Å². The van der Waals surface area contributed by atoms with Crippen molar-refractivity contribution in [3.63, 3.8) is 0 Å². The standard InChI is InChI=1S/C15H35NO3Si/c1-6-10-12-14-15(16,13-11-7-2)19-20(5,17-8-3)18-9-4/h6-14,16H2,1-5H3. The van der Waals surface area contributed by atoms with Gasteiger partial charge in [0.15, 0.2) is 0 Å². The summed E-state index contributed by atoms with van der Waals surface area (Å²) in [4.78, 5) is 0. The Bertz CT molecular complexity index is 235. The molecule has 122 valence electrons. The molecule has 0 aliphatic heterocycles. The molecule has 1 atom stereocenters. The zero-order chi connectivity index (χ0) is 15.5. The molecule has 0 aromatic heterocycles. The molecule has 0 spiro atoms. The number of rotatable bonds is 13. The van der Waals surface area contributed by atoms with Crippen molar-refractivity contribution < 1.29 is 13.3 Å². The zero-order valence-electron chi connectivity index (χ0n) is 14.2. The monoisotopic (exact) mass is 305 g/mol. The molecule has 5 heteroatoms. The van der Waals surface area contributed by atoms with Crippen molar-refractivity contribution in [1.82, 2.24) is 0 Å². The Balaban J connectivity index is 4.71. The maximum atomic E-state index is 6.52. The average molecular weight is 306 g/mol. The molecule has 0 rings (SSSR count). The predicted octanol–water partition coefficient (Wildman–Crippen LogP) is 4.07. The van der Waals surface area contributed by atoms with E-state index < -0.39 is 14.5 Å². The molecule has 0 bridgehead atoms. The van der Waals surface area contributed by atoms with Crippen LogP contribution in [0.25, 0.3) is 0 Å². The quantitative estimate of drug-likeness (QED) is 0.316. The Kier molecular flexibility index (Phi) is 10.8. The van der Waals surface area contributed by atoms with Crippen LogP contribution in [0.2, 0.25) is 6.55 Å². The second-order valence-electron chi connectivity index (χ2n) is 5.46. The van der Waals surface area contributed by atoms with Crippen molar-refractivity contribution in [1.29, 1.82) is 0 Å². The first-order valence-corrected chi connectivity index (χ1v) is 10.4. The Labute approximate surface area is 126 Å². The number of unbranched alkanes of at least 4 members (excludes halogenated alkanes) is 3. The molecular formula is C15H35NO3Si. The first-order valence-electron chi connectivity index (χ1n) is 8.22. The average Bonchev–Trinajstić information content (AvgIpc) is 2.37. The highest BCUT2D eigenvalue weighted by Crippen LogP contribution is 2.26. The van der Waals surface area contributed by atoms with Crippen molar-refractivity contribution >= 4 is 8.80 Å². The fourth-order valence-corrected chi connectivity index (χ4v) is 4.56. The van der Waals surface area contributed by atoms with Crippen LogP contribution >= 0.6 is 0 Å². The van der Waals surface area contributed by atoms with E-state index in [2.05, 4.69) is 13.8 Å². The van der Waals surface area contributed by atoms with Gasteiger partial charge in [0.05, 0.1) is 0 Å².